The number of hydrogen-bond acceptors (Lipinski definition) is 4. The molecule has 2 N–H and O–H groups in total. The highest BCUT2D eigenvalue weighted by molar-refractivity contribution is 7.91. The lowest BCUT2D eigenvalue weighted by Gasteiger charge is -2.16. The maximum Gasteiger partial charge on any atom is 0.390 e. The topological polar surface area (TPSA) is 73.8 Å². The minimum atomic E-state index is -4.21. The van der Waals surface area contributed by atoms with Crippen LogP contribution in [0.3, 0.4) is 0 Å². The summed E-state index contributed by atoms with van der Waals surface area (Å²) in [4.78, 5) is 4.73. The van der Waals surface area contributed by atoms with Gasteiger partial charge in [-0.25, -0.2) is 8.42 Å². The van der Waals surface area contributed by atoms with Gasteiger partial charge >= 0.3 is 6.18 Å². The Labute approximate surface area is 156 Å². The molecule has 0 amide bonds. The third-order valence-electron chi connectivity index (χ3n) is 3.52. The van der Waals surface area contributed by atoms with Crippen LogP contribution in [-0.2, 0) is 16.4 Å². The predicted molar refractivity (Wildman–Crippen MR) is 98.2 cm³/mol. The van der Waals surface area contributed by atoms with Gasteiger partial charge in [0.1, 0.15) is 4.21 Å². The number of sulfonamides is 1. The zero-order valence-corrected chi connectivity index (χ0v) is 16.7. The van der Waals surface area contributed by atoms with Crippen molar-refractivity contribution in [2.24, 2.45) is 4.99 Å². The molecule has 1 heterocycles. The number of alkyl halides is 3. The van der Waals surface area contributed by atoms with Crippen LogP contribution in [0.1, 0.15) is 25.1 Å². The van der Waals surface area contributed by atoms with Crippen LogP contribution < -0.4 is 10.6 Å². The number of thiophene rings is 1. The Morgan fingerprint density at radius 3 is 2.35 bits per heavy atom. The zero-order valence-electron chi connectivity index (χ0n) is 15.1. The minimum Gasteiger partial charge on any atom is -0.356 e. The molecule has 0 aliphatic rings. The van der Waals surface area contributed by atoms with E-state index in [0.717, 1.165) is 4.88 Å². The second-order valence-electron chi connectivity index (χ2n) is 5.35. The van der Waals surface area contributed by atoms with Gasteiger partial charge in [0.2, 0.25) is 0 Å². The fourth-order valence-electron chi connectivity index (χ4n) is 2.17. The lowest BCUT2D eigenvalue weighted by Crippen LogP contribution is -2.39. The van der Waals surface area contributed by atoms with Crippen LogP contribution in [0.5, 0.6) is 0 Å². The summed E-state index contributed by atoms with van der Waals surface area (Å²) in [5.41, 5.74) is 0. The molecule has 1 aromatic heterocycles. The van der Waals surface area contributed by atoms with Crippen molar-refractivity contribution in [1.82, 2.24) is 14.9 Å². The van der Waals surface area contributed by atoms with Gasteiger partial charge in [0, 0.05) is 38.1 Å². The number of halogens is 3. The maximum atomic E-state index is 12.4. The van der Waals surface area contributed by atoms with Gasteiger partial charge in [-0.3, -0.25) is 4.99 Å². The monoisotopic (exact) mass is 414 g/mol. The third kappa shape index (κ3) is 7.12. The summed E-state index contributed by atoms with van der Waals surface area (Å²) in [5, 5.41) is 5.51. The molecule has 0 radical (unpaired) electrons. The Hall–Kier alpha value is -1.33. The summed E-state index contributed by atoms with van der Waals surface area (Å²) >= 11 is 1.20. The Morgan fingerprint density at radius 2 is 1.81 bits per heavy atom. The molecule has 150 valence electrons. The Morgan fingerprint density at radius 1 is 1.19 bits per heavy atom. The second-order valence-corrected chi connectivity index (χ2v) is 8.68. The van der Waals surface area contributed by atoms with Crippen LogP contribution in [0.4, 0.5) is 13.2 Å². The molecule has 0 spiro atoms. The lowest BCUT2D eigenvalue weighted by atomic mass is 10.3. The smallest absolute Gasteiger partial charge is 0.356 e. The molecule has 1 rings (SSSR count). The number of nitrogens with one attached hydrogen (secondary N) is 2. The molecule has 26 heavy (non-hydrogen) atoms. The first-order chi connectivity index (χ1) is 12.1. The molecule has 0 aliphatic heterocycles. The van der Waals surface area contributed by atoms with Gasteiger partial charge in [-0.05, 0) is 18.6 Å². The molecule has 0 saturated heterocycles. The van der Waals surface area contributed by atoms with E-state index in [1.54, 1.807) is 26.0 Å². The standard InChI is InChI=1S/C15H25F3N4O2S2/c1-4-22(5-2)26(23,24)13-7-6-12(25-13)8-10-20-14(19-3)21-11-9-15(16,17)18/h6-7H,4-5,8-11H2,1-3H3,(H2,19,20,21). The molecule has 0 unspecified atom stereocenters. The SMILES string of the molecule is CCN(CC)S(=O)(=O)c1ccc(CCNC(=NC)NCCC(F)(F)F)s1. The molecule has 0 fully saturated rings. The molecule has 6 nitrogen and oxygen atoms in total. The largest absolute Gasteiger partial charge is 0.390 e. The minimum absolute atomic E-state index is 0.256. The van der Waals surface area contributed by atoms with Gasteiger partial charge < -0.3 is 10.6 Å². The predicted octanol–water partition coefficient (Wildman–Crippen LogP) is 2.44. The first-order valence-corrected chi connectivity index (χ1v) is 10.5. The van der Waals surface area contributed by atoms with Crippen LogP contribution >= 0.6 is 11.3 Å². The highest BCUT2D eigenvalue weighted by Gasteiger charge is 2.26. The van der Waals surface area contributed by atoms with Gasteiger partial charge in [0.15, 0.2) is 5.96 Å². The summed E-state index contributed by atoms with van der Waals surface area (Å²) in [7, 11) is -1.99. The van der Waals surface area contributed by atoms with Crippen LogP contribution in [0, 0.1) is 0 Å². The Balaban J connectivity index is 2.53. The number of nitrogens with zero attached hydrogens (tertiary/aromatic N) is 2. The summed E-state index contributed by atoms with van der Waals surface area (Å²) in [6, 6.07) is 3.34. The van der Waals surface area contributed by atoms with Crippen molar-refractivity contribution in [3.8, 4) is 0 Å². The zero-order chi connectivity index (χ0) is 19.8. The van der Waals surface area contributed by atoms with E-state index in [4.69, 9.17) is 0 Å². The summed E-state index contributed by atoms with van der Waals surface area (Å²) < 4.78 is 63.0. The van der Waals surface area contributed by atoms with E-state index in [-0.39, 0.29) is 12.5 Å². The lowest BCUT2D eigenvalue weighted by molar-refractivity contribution is -0.132. The van der Waals surface area contributed by atoms with Gasteiger partial charge in [-0.2, -0.15) is 17.5 Å². The van der Waals surface area contributed by atoms with Crippen molar-refractivity contribution in [3.05, 3.63) is 17.0 Å². The fourth-order valence-corrected chi connectivity index (χ4v) is 5.14. The molecule has 0 atom stereocenters. The molecule has 0 aliphatic carbocycles. The Bertz CT molecular complexity index is 683. The molecule has 0 aromatic carbocycles. The van der Waals surface area contributed by atoms with E-state index >= 15 is 0 Å². The Kier molecular flexibility index (Phi) is 8.84. The van der Waals surface area contributed by atoms with Crippen LogP contribution in [0.15, 0.2) is 21.3 Å². The van der Waals surface area contributed by atoms with E-state index in [9.17, 15) is 21.6 Å². The van der Waals surface area contributed by atoms with Crippen LogP contribution in [-0.4, -0.2) is 58.1 Å². The van der Waals surface area contributed by atoms with E-state index in [0.29, 0.717) is 30.3 Å². The van der Waals surface area contributed by atoms with Gasteiger partial charge in [-0.15, -0.1) is 11.3 Å². The molecular formula is C15H25F3N4O2S2. The van der Waals surface area contributed by atoms with Crippen LogP contribution in [0.25, 0.3) is 0 Å². The van der Waals surface area contributed by atoms with Crippen molar-refractivity contribution in [2.75, 3.05) is 33.2 Å². The van der Waals surface area contributed by atoms with Gasteiger partial charge in [0.25, 0.3) is 10.0 Å². The highest BCUT2D eigenvalue weighted by Crippen LogP contribution is 2.25. The number of hydrogen-bond donors (Lipinski definition) is 2. The summed E-state index contributed by atoms with van der Waals surface area (Å²) in [6.45, 7) is 4.57. The third-order valence-corrected chi connectivity index (χ3v) is 7.19. The van der Waals surface area contributed by atoms with Crippen molar-refractivity contribution >= 4 is 27.3 Å². The summed E-state index contributed by atoms with van der Waals surface area (Å²) in [6.07, 6.45) is -4.61. The average molecular weight is 415 g/mol. The van der Waals surface area contributed by atoms with Crippen molar-refractivity contribution in [1.29, 1.82) is 0 Å². The van der Waals surface area contributed by atoms with Gasteiger partial charge in [-0.1, -0.05) is 13.8 Å². The molecule has 1 aromatic rings. The normalized spacial score (nSPS) is 13.3. The number of rotatable bonds is 9. The van der Waals surface area contributed by atoms with Crippen molar-refractivity contribution < 1.29 is 21.6 Å². The van der Waals surface area contributed by atoms with Crippen molar-refractivity contribution in [3.63, 3.8) is 0 Å². The van der Waals surface area contributed by atoms with Crippen molar-refractivity contribution in [2.45, 2.75) is 37.1 Å². The highest BCUT2D eigenvalue weighted by atomic mass is 32.2. The summed E-state index contributed by atoms with van der Waals surface area (Å²) in [5.74, 6) is 0.279. The van der Waals surface area contributed by atoms with Crippen LogP contribution in [0.2, 0.25) is 0 Å². The van der Waals surface area contributed by atoms with Gasteiger partial charge in [0.05, 0.1) is 6.42 Å². The first-order valence-electron chi connectivity index (χ1n) is 8.24. The first kappa shape index (κ1) is 22.7. The van der Waals surface area contributed by atoms with E-state index < -0.39 is 22.6 Å². The number of guanidine groups is 1. The molecular weight excluding hydrogens is 389 g/mol. The molecule has 11 heteroatoms. The quantitative estimate of drug-likeness (QED) is 0.481. The maximum absolute atomic E-state index is 12.4. The fraction of sp³-hybridized carbons (Fsp3) is 0.667. The van der Waals surface area contributed by atoms with E-state index in [2.05, 4.69) is 15.6 Å². The van der Waals surface area contributed by atoms with E-state index in [1.807, 2.05) is 0 Å². The van der Waals surface area contributed by atoms with E-state index in [1.165, 1.54) is 22.7 Å². The average Bonchev–Trinajstić information content (AvgIpc) is 3.03. The second kappa shape index (κ2) is 10.1. The molecule has 0 bridgehead atoms. The molecule has 0 saturated carbocycles. The number of aliphatic imine (C=N–C) groups is 1.